The predicted octanol–water partition coefficient (Wildman–Crippen LogP) is 4.18. The van der Waals surface area contributed by atoms with Gasteiger partial charge in [0.05, 0.1) is 11.7 Å². The molecule has 28 heavy (non-hydrogen) atoms. The predicted molar refractivity (Wildman–Crippen MR) is 106 cm³/mol. The molecule has 1 aromatic heterocycles. The Labute approximate surface area is 175 Å². The second kappa shape index (κ2) is 7.70. The van der Waals surface area contributed by atoms with Gasteiger partial charge in [0, 0.05) is 0 Å². The first-order chi connectivity index (χ1) is 13.0. The number of amides is 1. The van der Waals surface area contributed by atoms with Crippen LogP contribution in [-0.4, -0.2) is 24.5 Å². The van der Waals surface area contributed by atoms with Crippen molar-refractivity contribution >= 4 is 55.4 Å². The third kappa shape index (κ3) is 4.53. The van der Waals surface area contributed by atoms with Crippen molar-refractivity contribution in [2.24, 2.45) is 17.3 Å². The Morgan fingerprint density at radius 2 is 1.93 bits per heavy atom. The van der Waals surface area contributed by atoms with E-state index in [9.17, 15) is 17.6 Å². The first-order valence-electron chi connectivity index (χ1n) is 8.15. The molecule has 2 aromatic rings. The lowest BCUT2D eigenvalue weighted by Gasteiger charge is -2.02. The standard InChI is InChI=1S/C17H16Cl2FN3O3S2/c1-17(2)11(7-12(18)19)13(17)14(24)21-15-22-23-16(27-15)28(25,26)8-9-3-5-10(20)6-4-9/h3-7,11,13H,8H2,1-2H3,(H,21,22,24)/t11-,13-/m1/s1. The SMILES string of the molecule is CC1(C)[C@H](C=C(Cl)Cl)[C@@H]1C(=O)Nc1nnc(S(=O)(=O)Cc2ccc(F)cc2)s1. The fourth-order valence-electron chi connectivity index (χ4n) is 3.06. The van der Waals surface area contributed by atoms with E-state index in [1.165, 1.54) is 24.3 Å². The molecule has 3 rings (SSSR count). The van der Waals surface area contributed by atoms with E-state index in [0.29, 0.717) is 5.56 Å². The monoisotopic (exact) mass is 463 g/mol. The van der Waals surface area contributed by atoms with Crippen LogP contribution in [0.5, 0.6) is 0 Å². The highest BCUT2D eigenvalue weighted by Gasteiger charge is 2.60. The lowest BCUT2D eigenvalue weighted by Crippen LogP contribution is -2.16. The highest BCUT2D eigenvalue weighted by atomic mass is 35.5. The van der Waals surface area contributed by atoms with E-state index in [4.69, 9.17) is 23.2 Å². The number of sulfone groups is 1. The lowest BCUT2D eigenvalue weighted by atomic mass is 10.1. The summed E-state index contributed by atoms with van der Waals surface area (Å²) in [5, 5.41) is 10.1. The maximum Gasteiger partial charge on any atom is 0.234 e. The van der Waals surface area contributed by atoms with Gasteiger partial charge >= 0.3 is 0 Å². The molecule has 6 nitrogen and oxygen atoms in total. The Morgan fingerprint density at radius 3 is 2.54 bits per heavy atom. The van der Waals surface area contributed by atoms with E-state index < -0.39 is 15.7 Å². The normalized spacial score (nSPS) is 20.5. The average Bonchev–Trinajstić information content (AvgIpc) is 2.93. The molecule has 0 spiro atoms. The largest absolute Gasteiger partial charge is 0.300 e. The smallest absolute Gasteiger partial charge is 0.234 e. The van der Waals surface area contributed by atoms with Crippen molar-refractivity contribution in [2.45, 2.75) is 23.9 Å². The van der Waals surface area contributed by atoms with E-state index in [-0.39, 0.29) is 42.9 Å². The molecule has 0 saturated heterocycles. The summed E-state index contributed by atoms with van der Waals surface area (Å²) in [5.74, 6) is -1.57. The van der Waals surface area contributed by atoms with Crippen molar-refractivity contribution < 1.29 is 17.6 Å². The number of rotatable bonds is 6. The van der Waals surface area contributed by atoms with Crippen molar-refractivity contribution in [1.82, 2.24) is 10.2 Å². The fraction of sp³-hybridized carbons (Fsp3) is 0.353. The van der Waals surface area contributed by atoms with E-state index in [2.05, 4.69) is 15.5 Å². The number of carbonyl (C=O) groups is 1. The molecule has 0 radical (unpaired) electrons. The number of hydrogen-bond donors (Lipinski definition) is 1. The third-order valence-electron chi connectivity index (χ3n) is 4.67. The number of carbonyl (C=O) groups excluding carboxylic acids is 1. The van der Waals surface area contributed by atoms with Gasteiger partial charge in [-0.3, -0.25) is 4.79 Å². The van der Waals surface area contributed by atoms with Crippen LogP contribution < -0.4 is 5.32 Å². The summed E-state index contributed by atoms with van der Waals surface area (Å²) >= 11 is 12.1. The van der Waals surface area contributed by atoms with Gasteiger partial charge in [0.15, 0.2) is 0 Å². The van der Waals surface area contributed by atoms with Crippen molar-refractivity contribution in [2.75, 3.05) is 5.32 Å². The molecular weight excluding hydrogens is 448 g/mol. The van der Waals surface area contributed by atoms with Gasteiger partial charge in [0.25, 0.3) is 0 Å². The summed E-state index contributed by atoms with van der Waals surface area (Å²) in [5.41, 5.74) is 0.107. The number of anilines is 1. The number of halogens is 3. The zero-order valence-electron chi connectivity index (χ0n) is 14.8. The van der Waals surface area contributed by atoms with Crippen molar-refractivity contribution in [1.29, 1.82) is 0 Å². The van der Waals surface area contributed by atoms with Gasteiger partial charge in [0.2, 0.25) is 25.2 Å². The van der Waals surface area contributed by atoms with E-state index >= 15 is 0 Å². The van der Waals surface area contributed by atoms with E-state index in [1.54, 1.807) is 6.08 Å². The lowest BCUT2D eigenvalue weighted by molar-refractivity contribution is -0.118. The molecule has 1 aromatic carbocycles. The van der Waals surface area contributed by atoms with Crippen molar-refractivity contribution in [3.63, 3.8) is 0 Å². The number of nitrogens with zero attached hydrogens (tertiary/aromatic N) is 2. The number of allylic oxidation sites excluding steroid dienone is 1. The minimum atomic E-state index is -3.77. The quantitative estimate of drug-likeness (QED) is 0.648. The summed E-state index contributed by atoms with van der Waals surface area (Å²) in [6, 6.07) is 5.15. The Bertz CT molecular complexity index is 1030. The van der Waals surface area contributed by atoms with Gasteiger partial charge in [-0.05, 0) is 35.1 Å². The summed E-state index contributed by atoms with van der Waals surface area (Å²) in [7, 11) is -3.77. The van der Waals surface area contributed by atoms with Gasteiger partial charge in [0.1, 0.15) is 10.3 Å². The molecule has 0 aliphatic heterocycles. The molecule has 1 saturated carbocycles. The summed E-state index contributed by atoms with van der Waals surface area (Å²) in [6.45, 7) is 3.82. The molecule has 1 aliphatic rings. The van der Waals surface area contributed by atoms with Gasteiger partial charge in [-0.2, -0.15) is 0 Å². The first kappa shape index (κ1) is 21.2. The van der Waals surface area contributed by atoms with Crippen LogP contribution in [0.25, 0.3) is 0 Å². The van der Waals surface area contributed by atoms with Crippen LogP contribution in [0, 0.1) is 23.1 Å². The Morgan fingerprint density at radius 1 is 1.29 bits per heavy atom. The zero-order valence-corrected chi connectivity index (χ0v) is 18.0. The number of nitrogens with one attached hydrogen (secondary N) is 1. The molecule has 1 N–H and O–H groups in total. The van der Waals surface area contributed by atoms with Crippen molar-refractivity contribution in [3.8, 4) is 0 Å². The average molecular weight is 464 g/mol. The van der Waals surface area contributed by atoms with Crippen LogP contribution in [0.1, 0.15) is 19.4 Å². The number of aromatic nitrogens is 2. The molecule has 0 unspecified atom stereocenters. The summed E-state index contributed by atoms with van der Waals surface area (Å²) < 4.78 is 37.8. The van der Waals surface area contributed by atoms with E-state index in [1.807, 2.05) is 13.8 Å². The Hall–Kier alpha value is -1.55. The highest BCUT2D eigenvalue weighted by molar-refractivity contribution is 7.92. The second-order valence-corrected chi connectivity index (χ2v) is 11.2. The molecular formula is C17H16Cl2FN3O3S2. The van der Waals surface area contributed by atoms with E-state index in [0.717, 1.165) is 11.3 Å². The Balaban J connectivity index is 1.69. The maximum absolute atomic E-state index is 13.0. The molecule has 1 heterocycles. The first-order valence-corrected chi connectivity index (χ1v) is 11.4. The molecule has 1 fully saturated rings. The fourth-order valence-corrected chi connectivity index (χ4v) is 5.65. The third-order valence-corrected chi connectivity index (χ3v) is 7.90. The second-order valence-electron chi connectivity index (χ2n) is 7.03. The molecule has 0 bridgehead atoms. The van der Waals surface area contributed by atoms with Crippen LogP contribution >= 0.6 is 34.5 Å². The van der Waals surface area contributed by atoms with Crippen LogP contribution in [0.4, 0.5) is 9.52 Å². The summed E-state index contributed by atoms with van der Waals surface area (Å²) in [4.78, 5) is 12.5. The molecule has 1 aliphatic carbocycles. The minimum Gasteiger partial charge on any atom is -0.300 e. The van der Waals surface area contributed by atoms with Crippen LogP contribution in [0.2, 0.25) is 0 Å². The maximum atomic E-state index is 13.0. The van der Waals surface area contributed by atoms with Crippen LogP contribution in [0.3, 0.4) is 0 Å². The zero-order chi connectivity index (χ0) is 20.7. The highest BCUT2D eigenvalue weighted by Crippen LogP contribution is 2.60. The minimum absolute atomic E-state index is 0.0880. The topological polar surface area (TPSA) is 89.0 Å². The van der Waals surface area contributed by atoms with Crippen molar-refractivity contribution in [3.05, 3.63) is 46.2 Å². The number of hydrogen-bond acceptors (Lipinski definition) is 6. The molecule has 150 valence electrons. The van der Waals surface area contributed by atoms with Crippen LogP contribution in [-0.2, 0) is 20.4 Å². The molecule has 1 amide bonds. The number of benzene rings is 1. The van der Waals surface area contributed by atoms with Gasteiger partial charge in [-0.15, -0.1) is 10.2 Å². The van der Waals surface area contributed by atoms with Crippen LogP contribution in [0.15, 0.2) is 39.2 Å². The van der Waals surface area contributed by atoms with Gasteiger partial charge in [-0.1, -0.05) is 60.5 Å². The summed E-state index contributed by atoms with van der Waals surface area (Å²) in [6.07, 6.45) is 1.62. The molecule has 11 heteroatoms. The Kier molecular flexibility index (Phi) is 5.82. The van der Waals surface area contributed by atoms with Gasteiger partial charge < -0.3 is 5.32 Å². The molecule has 2 atom stereocenters. The van der Waals surface area contributed by atoms with Gasteiger partial charge in [-0.25, -0.2) is 12.8 Å².